The van der Waals surface area contributed by atoms with E-state index in [0.29, 0.717) is 29.8 Å². The van der Waals surface area contributed by atoms with Crippen LogP contribution < -0.4 is 4.74 Å². The number of carbonyl (C=O) groups excluding carboxylic acids is 1. The van der Waals surface area contributed by atoms with Crippen molar-refractivity contribution in [2.24, 2.45) is 5.92 Å². The van der Waals surface area contributed by atoms with Gasteiger partial charge in [0, 0.05) is 23.7 Å². The summed E-state index contributed by atoms with van der Waals surface area (Å²) < 4.78 is 36.1. The Morgan fingerprint density at radius 3 is 2.44 bits per heavy atom. The molecule has 4 rings (SSSR count). The van der Waals surface area contributed by atoms with E-state index in [4.69, 9.17) is 4.74 Å². The number of hydrogen-bond donors (Lipinski definition) is 1. The molecule has 1 fully saturated rings. The number of amides is 1. The maximum absolute atomic E-state index is 15.3. The first-order chi connectivity index (χ1) is 17.3. The molecular weight excluding hydrogens is 466 g/mol. The quantitative estimate of drug-likeness (QED) is 0.348. The Bertz CT molecular complexity index is 1250. The predicted octanol–water partition coefficient (Wildman–Crippen LogP) is 6.76. The Kier molecular flexibility index (Phi) is 7.82. The second-order valence-corrected chi connectivity index (χ2v) is 9.25. The summed E-state index contributed by atoms with van der Waals surface area (Å²) in [6, 6.07) is 7.82. The molecule has 3 aromatic rings. The molecule has 0 radical (unpaired) electrons. The second-order valence-electron chi connectivity index (χ2n) is 9.25. The van der Waals surface area contributed by atoms with E-state index in [1.807, 2.05) is 6.92 Å². The van der Waals surface area contributed by atoms with Gasteiger partial charge in [-0.15, -0.1) is 0 Å². The van der Waals surface area contributed by atoms with Gasteiger partial charge >= 0.3 is 6.09 Å². The fourth-order valence-electron chi connectivity index (χ4n) is 5.05. The van der Waals surface area contributed by atoms with Gasteiger partial charge in [-0.3, -0.25) is 4.79 Å². The molecule has 1 aliphatic rings. The average Bonchev–Trinajstić information content (AvgIpc) is 2.87. The van der Waals surface area contributed by atoms with E-state index < -0.39 is 35.1 Å². The van der Waals surface area contributed by atoms with Crippen LogP contribution in [-0.2, 0) is 0 Å². The zero-order chi connectivity index (χ0) is 25.8. The third-order valence-electron chi connectivity index (χ3n) is 6.96. The van der Waals surface area contributed by atoms with Gasteiger partial charge in [0.05, 0.1) is 18.2 Å². The zero-order valence-corrected chi connectivity index (χ0v) is 20.5. The summed E-state index contributed by atoms with van der Waals surface area (Å²) in [6.07, 6.45) is 5.49. The van der Waals surface area contributed by atoms with Gasteiger partial charge in [-0.25, -0.2) is 18.6 Å². The van der Waals surface area contributed by atoms with E-state index in [2.05, 4.69) is 4.98 Å². The summed E-state index contributed by atoms with van der Waals surface area (Å²) in [5.41, 5.74) is -0.387. The molecule has 6 nitrogen and oxygen atoms in total. The molecule has 1 N–H and O–H groups in total. The number of pyridine rings is 1. The van der Waals surface area contributed by atoms with E-state index in [1.54, 1.807) is 25.1 Å². The first-order valence-electron chi connectivity index (χ1n) is 12.4. The molecule has 8 heteroatoms. The van der Waals surface area contributed by atoms with Gasteiger partial charge in [0.15, 0.2) is 5.78 Å². The van der Waals surface area contributed by atoms with Gasteiger partial charge < -0.3 is 14.7 Å². The van der Waals surface area contributed by atoms with Crippen LogP contribution >= 0.6 is 0 Å². The minimum Gasteiger partial charge on any atom is -0.478 e. The van der Waals surface area contributed by atoms with Crippen molar-refractivity contribution in [3.8, 4) is 5.88 Å². The van der Waals surface area contributed by atoms with Crippen LogP contribution in [0.1, 0.15) is 73.5 Å². The van der Waals surface area contributed by atoms with E-state index in [0.717, 1.165) is 44.2 Å². The minimum atomic E-state index is -1.14. The number of carbonyl (C=O) groups is 2. The Morgan fingerprint density at radius 2 is 1.81 bits per heavy atom. The summed E-state index contributed by atoms with van der Waals surface area (Å²) in [5, 5.41) is 10.8. The van der Waals surface area contributed by atoms with Gasteiger partial charge in [0.1, 0.15) is 11.6 Å². The molecule has 0 bridgehead atoms. The maximum atomic E-state index is 15.3. The van der Waals surface area contributed by atoms with Crippen LogP contribution in [0.2, 0.25) is 0 Å². The number of fused-ring (bicyclic) bond motifs is 1. The monoisotopic (exact) mass is 496 g/mol. The lowest BCUT2D eigenvalue weighted by molar-refractivity contribution is 0.102. The highest BCUT2D eigenvalue weighted by Crippen LogP contribution is 2.32. The fourth-order valence-corrected chi connectivity index (χ4v) is 5.05. The zero-order valence-electron chi connectivity index (χ0n) is 20.5. The van der Waals surface area contributed by atoms with E-state index in [-0.39, 0.29) is 17.0 Å². The normalized spacial score (nSPS) is 15.0. The summed E-state index contributed by atoms with van der Waals surface area (Å²) in [5.74, 6) is -2.29. The molecule has 1 amide bonds. The number of nitrogens with zero attached hydrogens (tertiary/aromatic N) is 2. The van der Waals surface area contributed by atoms with Crippen molar-refractivity contribution in [1.82, 2.24) is 9.88 Å². The van der Waals surface area contributed by atoms with Crippen LogP contribution in [0.5, 0.6) is 5.88 Å². The Balaban J connectivity index is 1.66. The molecule has 1 unspecified atom stereocenters. The van der Waals surface area contributed by atoms with Crippen molar-refractivity contribution in [3.05, 3.63) is 70.9 Å². The molecule has 190 valence electrons. The number of aromatic nitrogens is 1. The van der Waals surface area contributed by atoms with Crippen LogP contribution in [0.4, 0.5) is 13.6 Å². The number of halogens is 2. The minimum absolute atomic E-state index is 0.124. The molecule has 0 aliphatic heterocycles. The second kappa shape index (κ2) is 11.0. The van der Waals surface area contributed by atoms with Crippen molar-refractivity contribution >= 4 is 22.6 Å². The predicted molar refractivity (Wildman–Crippen MR) is 132 cm³/mol. The van der Waals surface area contributed by atoms with E-state index >= 15 is 8.78 Å². The first kappa shape index (κ1) is 25.5. The highest BCUT2D eigenvalue weighted by molar-refractivity contribution is 6.17. The molecule has 36 heavy (non-hydrogen) atoms. The number of ether oxygens (including phenoxy) is 1. The first-order valence-corrected chi connectivity index (χ1v) is 12.4. The van der Waals surface area contributed by atoms with Gasteiger partial charge in [0.25, 0.3) is 0 Å². The highest BCUT2D eigenvalue weighted by atomic mass is 19.1. The Hall–Kier alpha value is -3.55. The molecule has 1 heterocycles. The van der Waals surface area contributed by atoms with E-state index in [1.165, 1.54) is 17.2 Å². The van der Waals surface area contributed by atoms with Gasteiger partial charge in [-0.1, -0.05) is 31.4 Å². The molecule has 1 saturated carbocycles. The maximum Gasteiger partial charge on any atom is 0.407 e. The number of benzene rings is 2. The summed E-state index contributed by atoms with van der Waals surface area (Å²) in [7, 11) is 0. The van der Waals surface area contributed by atoms with Crippen molar-refractivity contribution in [1.29, 1.82) is 0 Å². The standard InChI is InChI=1S/C28H30F2N2O4/c1-3-36-27-22-11-7-10-21(20(22)12-13-31-27)26(33)25-23(29)14-19(15-24(25)30)17(2)32(28(34)35)16-18-8-5-4-6-9-18/h7,10-15,17-18H,3-6,8-9,16H2,1-2H3,(H,34,35). The highest BCUT2D eigenvalue weighted by Gasteiger charge is 2.28. The molecule has 1 atom stereocenters. The van der Waals surface area contributed by atoms with Crippen molar-refractivity contribution in [2.75, 3.05) is 13.2 Å². The summed E-state index contributed by atoms with van der Waals surface area (Å²) in [4.78, 5) is 30.7. The van der Waals surface area contributed by atoms with Crippen LogP contribution in [0.15, 0.2) is 42.6 Å². The van der Waals surface area contributed by atoms with Crippen LogP contribution in [-0.4, -0.2) is 40.0 Å². The van der Waals surface area contributed by atoms with Crippen molar-refractivity contribution < 1.29 is 28.2 Å². The number of ketones is 1. The van der Waals surface area contributed by atoms with Gasteiger partial charge in [0.2, 0.25) is 5.88 Å². The van der Waals surface area contributed by atoms with Gasteiger partial charge in [-0.05, 0) is 67.8 Å². The lowest BCUT2D eigenvalue weighted by Gasteiger charge is -2.32. The molecular formula is C28H30F2N2O4. The number of rotatable bonds is 8. The van der Waals surface area contributed by atoms with Gasteiger partial charge in [-0.2, -0.15) is 0 Å². The smallest absolute Gasteiger partial charge is 0.407 e. The van der Waals surface area contributed by atoms with Crippen LogP contribution in [0, 0.1) is 17.6 Å². The fraction of sp³-hybridized carbons (Fsp3) is 0.393. The molecule has 2 aromatic carbocycles. The van der Waals surface area contributed by atoms with Crippen LogP contribution in [0.25, 0.3) is 10.8 Å². The molecule has 1 aliphatic carbocycles. The largest absolute Gasteiger partial charge is 0.478 e. The van der Waals surface area contributed by atoms with Crippen LogP contribution in [0.3, 0.4) is 0 Å². The Labute approximate surface area is 208 Å². The molecule has 1 aromatic heterocycles. The summed E-state index contributed by atoms with van der Waals surface area (Å²) >= 11 is 0. The third kappa shape index (κ3) is 5.17. The average molecular weight is 497 g/mol. The topological polar surface area (TPSA) is 79.7 Å². The summed E-state index contributed by atoms with van der Waals surface area (Å²) in [6.45, 7) is 4.11. The SMILES string of the molecule is CCOc1nccc2c(C(=O)c3c(F)cc(C(C)N(CC4CCCCC4)C(=O)O)cc3F)cccc12. The molecule has 0 spiro atoms. The van der Waals surface area contributed by atoms with Crippen molar-refractivity contribution in [2.45, 2.75) is 52.0 Å². The van der Waals surface area contributed by atoms with Crippen molar-refractivity contribution in [3.63, 3.8) is 0 Å². The third-order valence-corrected chi connectivity index (χ3v) is 6.96. The number of hydrogen-bond acceptors (Lipinski definition) is 4. The molecule has 0 saturated heterocycles. The lowest BCUT2D eigenvalue weighted by atomic mass is 9.88. The number of carboxylic acid groups (broad SMARTS) is 1. The lowest BCUT2D eigenvalue weighted by Crippen LogP contribution is -2.37. The van der Waals surface area contributed by atoms with E-state index in [9.17, 15) is 14.7 Å². The Morgan fingerprint density at radius 1 is 1.11 bits per heavy atom.